The molecule has 0 radical (unpaired) electrons. The highest BCUT2D eigenvalue weighted by atomic mass is 32.2. The number of aromatic nitrogens is 2. The molecule has 3 rings (SSSR count). The molecule has 0 unspecified atom stereocenters. The van der Waals surface area contributed by atoms with E-state index in [1.807, 2.05) is 42.7 Å². The van der Waals surface area contributed by atoms with Crippen molar-refractivity contribution in [2.75, 3.05) is 6.26 Å². The van der Waals surface area contributed by atoms with Crippen LogP contribution in [-0.4, -0.2) is 22.0 Å². The zero-order valence-electron chi connectivity index (χ0n) is 10.9. The summed E-state index contributed by atoms with van der Waals surface area (Å²) in [5, 5.41) is 0.971. The molecule has 0 spiro atoms. The van der Waals surface area contributed by atoms with Crippen molar-refractivity contribution in [3.05, 3.63) is 53.2 Å². The van der Waals surface area contributed by atoms with E-state index in [1.165, 1.54) is 0 Å². The Bertz CT molecular complexity index is 753. The fourth-order valence-corrected chi connectivity index (χ4v) is 3.81. The van der Waals surface area contributed by atoms with Crippen molar-refractivity contribution in [3.63, 3.8) is 0 Å². The van der Waals surface area contributed by atoms with E-state index < -0.39 is 0 Å². The van der Waals surface area contributed by atoms with Crippen LogP contribution in [0.1, 0.15) is 15.2 Å². The second kappa shape index (κ2) is 5.73. The average Bonchev–Trinajstić information content (AvgIpc) is 2.90. The van der Waals surface area contributed by atoms with Crippen LogP contribution in [0, 0.1) is 0 Å². The topological polar surface area (TPSA) is 42.9 Å². The number of Topliss-reactive ketones (excluding diaryl/α,β-unsaturated/α-hetero) is 1. The first kappa shape index (κ1) is 13.3. The quantitative estimate of drug-likeness (QED) is 0.417. The molecule has 0 saturated carbocycles. The van der Waals surface area contributed by atoms with E-state index in [0.29, 0.717) is 6.42 Å². The molecule has 0 amide bonds. The van der Waals surface area contributed by atoms with E-state index in [2.05, 4.69) is 9.97 Å². The first-order valence-corrected chi connectivity index (χ1v) is 8.17. The average molecular weight is 300 g/mol. The van der Waals surface area contributed by atoms with Crippen molar-refractivity contribution in [1.82, 2.24) is 9.97 Å². The van der Waals surface area contributed by atoms with E-state index in [0.717, 1.165) is 25.7 Å². The summed E-state index contributed by atoms with van der Waals surface area (Å²) >= 11 is 3.21. The van der Waals surface area contributed by atoms with Gasteiger partial charge in [-0.05, 0) is 12.3 Å². The molecule has 5 heteroatoms. The van der Waals surface area contributed by atoms with Crippen LogP contribution in [0.2, 0.25) is 0 Å². The first-order chi connectivity index (χ1) is 9.78. The second-order valence-electron chi connectivity index (χ2n) is 4.28. The van der Waals surface area contributed by atoms with Crippen molar-refractivity contribution in [2.45, 2.75) is 11.4 Å². The Labute approximate surface area is 125 Å². The van der Waals surface area contributed by atoms with E-state index in [-0.39, 0.29) is 5.78 Å². The zero-order valence-corrected chi connectivity index (χ0v) is 12.5. The molecule has 0 fully saturated rings. The summed E-state index contributed by atoms with van der Waals surface area (Å²) in [6, 6.07) is 11.4. The van der Waals surface area contributed by atoms with Gasteiger partial charge < -0.3 is 0 Å². The number of carbonyl (C=O) groups excluding carboxylic acids is 1. The van der Waals surface area contributed by atoms with Crippen LogP contribution in [0.15, 0.2) is 47.8 Å². The molecule has 1 aromatic carbocycles. The molecule has 0 aliphatic heterocycles. The van der Waals surface area contributed by atoms with Gasteiger partial charge in [0.2, 0.25) is 0 Å². The fourth-order valence-electron chi connectivity index (χ4n) is 2.00. The van der Waals surface area contributed by atoms with Gasteiger partial charge in [-0.15, -0.1) is 23.1 Å². The molecule has 0 aliphatic rings. The van der Waals surface area contributed by atoms with Crippen LogP contribution < -0.4 is 0 Å². The molecule has 3 nitrogen and oxygen atoms in total. The Hall–Kier alpha value is -1.72. The summed E-state index contributed by atoms with van der Waals surface area (Å²) in [4.78, 5) is 21.8. The summed E-state index contributed by atoms with van der Waals surface area (Å²) in [6.07, 6.45) is 3.98. The Kier molecular flexibility index (Phi) is 3.80. The van der Waals surface area contributed by atoms with Gasteiger partial charge in [0.15, 0.2) is 5.78 Å². The lowest BCUT2D eigenvalue weighted by atomic mass is 10.1. The summed E-state index contributed by atoms with van der Waals surface area (Å²) in [5.74, 6) is 0.135. The molecule has 100 valence electrons. The van der Waals surface area contributed by atoms with Crippen LogP contribution >= 0.6 is 23.1 Å². The summed E-state index contributed by atoms with van der Waals surface area (Å²) < 4.78 is 1.07. The van der Waals surface area contributed by atoms with E-state index in [9.17, 15) is 4.79 Å². The summed E-state index contributed by atoms with van der Waals surface area (Å²) in [6.45, 7) is 0. The van der Waals surface area contributed by atoms with Gasteiger partial charge >= 0.3 is 0 Å². The molecule has 0 atom stereocenters. The third kappa shape index (κ3) is 2.59. The molecule has 2 aromatic heterocycles. The number of hydrogen-bond donors (Lipinski definition) is 0. The monoisotopic (exact) mass is 300 g/mol. The normalized spacial score (nSPS) is 10.8. The Morgan fingerprint density at radius 1 is 1.25 bits per heavy atom. The van der Waals surface area contributed by atoms with E-state index >= 15 is 0 Å². The molecular weight excluding hydrogens is 288 g/mol. The van der Waals surface area contributed by atoms with Crippen LogP contribution in [-0.2, 0) is 6.42 Å². The molecule has 0 aliphatic carbocycles. The van der Waals surface area contributed by atoms with E-state index in [4.69, 9.17) is 0 Å². The lowest BCUT2D eigenvalue weighted by Gasteiger charge is -1.97. The standard InChI is InChI=1S/C15H12N2OS2/c1-19-15-14-12(16-9-17-15)7-11(20-14)8-13(18)10-5-3-2-4-6-10/h2-7,9H,8H2,1H3. The van der Waals surface area contributed by atoms with Gasteiger partial charge in [-0.3, -0.25) is 4.79 Å². The van der Waals surface area contributed by atoms with Crippen LogP contribution in [0.25, 0.3) is 10.2 Å². The maximum absolute atomic E-state index is 12.2. The number of thiophene rings is 1. The van der Waals surface area contributed by atoms with E-state index in [1.54, 1.807) is 29.4 Å². The highest BCUT2D eigenvalue weighted by molar-refractivity contribution is 7.98. The Morgan fingerprint density at radius 2 is 2.05 bits per heavy atom. The first-order valence-electron chi connectivity index (χ1n) is 6.13. The molecule has 2 heterocycles. The van der Waals surface area contributed by atoms with Crippen molar-refractivity contribution in [3.8, 4) is 0 Å². The number of benzene rings is 1. The van der Waals surface area contributed by atoms with Gasteiger partial charge in [-0.1, -0.05) is 30.3 Å². The van der Waals surface area contributed by atoms with Crippen LogP contribution in [0.3, 0.4) is 0 Å². The van der Waals surface area contributed by atoms with Gasteiger partial charge in [0, 0.05) is 16.9 Å². The minimum Gasteiger partial charge on any atom is -0.294 e. The lowest BCUT2D eigenvalue weighted by Crippen LogP contribution is -2.01. The second-order valence-corrected chi connectivity index (χ2v) is 6.21. The molecule has 0 saturated heterocycles. The minimum absolute atomic E-state index is 0.135. The van der Waals surface area contributed by atoms with Crippen LogP contribution in [0.4, 0.5) is 0 Å². The number of carbonyl (C=O) groups is 1. The van der Waals surface area contributed by atoms with Gasteiger partial charge in [-0.2, -0.15) is 0 Å². The Morgan fingerprint density at radius 3 is 2.80 bits per heavy atom. The van der Waals surface area contributed by atoms with Crippen LogP contribution in [0.5, 0.6) is 0 Å². The van der Waals surface area contributed by atoms with Crippen molar-refractivity contribution in [1.29, 1.82) is 0 Å². The van der Waals surface area contributed by atoms with Gasteiger partial charge in [0.25, 0.3) is 0 Å². The molecule has 0 bridgehead atoms. The summed E-state index contributed by atoms with van der Waals surface area (Å²) in [5.41, 5.74) is 1.67. The van der Waals surface area contributed by atoms with Gasteiger partial charge in [0.05, 0.1) is 10.2 Å². The van der Waals surface area contributed by atoms with Crippen molar-refractivity contribution >= 4 is 39.1 Å². The van der Waals surface area contributed by atoms with Gasteiger partial charge in [0.1, 0.15) is 11.4 Å². The minimum atomic E-state index is 0.135. The number of ketones is 1. The third-order valence-corrected chi connectivity index (χ3v) is 4.91. The number of thioether (sulfide) groups is 1. The number of nitrogens with zero attached hydrogens (tertiary/aromatic N) is 2. The SMILES string of the molecule is CSc1ncnc2cc(CC(=O)c3ccccc3)sc12. The molecule has 20 heavy (non-hydrogen) atoms. The maximum atomic E-state index is 12.2. The highest BCUT2D eigenvalue weighted by Gasteiger charge is 2.12. The van der Waals surface area contributed by atoms with Crippen molar-refractivity contribution < 1.29 is 4.79 Å². The lowest BCUT2D eigenvalue weighted by molar-refractivity contribution is 0.0994. The number of hydrogen-bond acceptors (Lipinski definition) is 5. The summed E-state index contributed by atoms with van der Waals surface area (Å²) in [7, 11) is 0. The predicted molar refractivity (Wildman–Crippen MR) is 83.7 cm³/mol. The fraction of sp³-hybridized carbons (Fsp3) is 0.133. The van der Waals surface area contributed by atoms with Gasteiger partial charge in [-0.25, -0.2) is 9.97 Å². The molecular formula is C15H12N2OS2. The zero-order chi connectivity index (χ0) is 13.9. The third-order valence-electron chi connectivity index (χ3n) is 2.95. The number of fused-ring (bicyclic) bond motifs is 1. The number of rotatable bonds is 4. The highest BCUT2D eigenvalue weighted by Crippen LogP contribution is 2.31. The maximum Gasteiger partial charge on any atom is 0.168 e. The Balaban J connectivity index is 1.90. The van der Waals surface area contributed by atoms with Crippen molar-refractivity contribution in [2.24, 2.45) is 0 Å². The smallest absolute Gasteiger partial charge is 0.168 e. The largest absolute Gasteiger partial charge is 0.294 e. The predicted octanol–water partition coefficient (Wildman–Crippen LogP) is 3.84. The molecule has 3 aromatic rings. The molecule has 0 N–H and O–H groups in total.